The number of aliphatic carboxylic acids is 3. The molecule has 0 saturated carbocycles. The molecule has 418 valence electrons. The molecule has 0 spiro atoms. The molecule has 0 aliphatic carbocycles. The quantitative estimate of drug-likeness (QED) is 0.0306. The monoisotopic (exact) mass is 1110 g/mol. The maximum atomic E-state index is 14.9. The van der Waals surface area contributed by atoms with E-state index in [0.717, 1.165) is 37.9 Å². The number of carboxylic acid groups (broad SMARTS) is 3. The highest BCUT2D eigenvalue weighted by Crippen LogP contribution is 2.26. The Morgan fingerprint density at radius 1 is 0.744 bits per heavy atom. The molecule has 1 aliphatic rings. The van der Waals surface area contributed by atoms with Crippen LogP contribution in [0.25, 0.3) is 11.1 Å². The number of rotatable bonds is 29. The van der Waals surface area contributed by atoms with Crippen LogP contribution in [0.5, 0.6) is 0 Å². The minimum absolute atomic E-state index is 0.00103. The van der Waals surface area contributed by atoms with Gasteiger partial charge in [0.05, 0.1) is 23.9 Å². The normalized spacial score (nSPS) is 15.2. The summed E-state index contributed by atoms with van der Waals surface area (Å²) in [4.78, 5) is 141. The number of amides is 6. The third-order valence-corrected chi connectivity index (χ3v) is 13.9. The summed E-state index contributed by atoms with van der Waals surface area (Å²) in [7, 11) is 0. The van der Waals surface area contributed by atoms with Crippen molar-refractivity contribution in [3.05, 3.63) is 128 Å². The van der Waals surface area contributed by atoms with Crippen LogP contribution in [0.15, 0.2) is 82.4 Å². The largest absolute Gasteiger partial charge is 0.480 e. The average Bonchev–Trinajstić information content (AvgIpc) is 3.75. The van der Waals surface area contributed by atoms with Gasteiger partial charge in [0.25, 0.3) is 5.56 Å². The molecule has 3 aromatic carbocycles. The van der Waals surface area contributed by atoms with Crippen LogP contribution >= 0.6 is 11.8 Å². The number of hydrogen-bond acceptors (Lipinski definition) is 15. The third kappa shape index (κ3) is 16.4. The van der Waals surface area contributed by atoms with Crippen molar-refractivity contribution in [1.82, 2.24) is 35.3 Å². The number of nitrogens with one attached hydrogen (secondary N) is 4. The van der Waals surface area contributed by atoms with E-state index in [1.807, 2.05) is 0 Å². The number of thioether (sulfide) groups is 1. The summed E-state index contributed by atoms with van der Waals surface area (Å²) in [5.41, 5.74) is 17.2. The van der Waals surface area contributed by atoms with Crippen molar-refractivity contribution in [1.29, 1.82) is 0 Å². The van der Waals surface area contributed by atoms with E-state index in [0.29, 0.717) is 11.1 Å². The molecule has 78 heavy (non-hydrogen) atoms. The zero-order chi connectivity index (χ0) is 57.4. The second-order valence-corrected chi connectivity index (χ2v) is 19.4. The molecule has 24 nitrogen and oxygen atoms in total. The maximum Gasteiger partial charge on any atom is 0.331 e. The number of hydrogen-bond donors (Lipinski definition) is 10. The van der Waals surface area contributed by atoms with E-state index in [-0.39, 0.29) is 61.5 Å². The lowest BCUT2D eigenvalue weighted by atomic mass is 10.00. The molecular formula is C51H60F2N10O14S. The van der Waals surface area contributed by atoms with Crippen molar-refractivity contribution in [2.24, 2.45) is 17.2 Å². The van der Waals surface area contributed by atoms with Crippen LogP contribution in [0.2, 0.25) is 0 Å². The van der Waals surface area contributed by atoms with Gasteiger partial charge in [0, 0.05) is 68.4 Å². The van der Waals surface area contributed by atoms with Gasteiger partial charge in [-0.1, -0.05) is 60.7 Å². The van der Waals surface area contributed by atoms with Gasteiger partial charge in [-0.3, -0.25) is 47.6 Å². The molecular weight excluding hydrogens is 1050 g/mol. The van der Waals surface area contributed by atoms with Crippen LogP contribution in [0.3, 0.4) is 0 Å². The van der Waals surface area contributed by atoms with Crippen molar-refractivity contribution < 1.29 is 67.3 Å². The van der Waals surface area contributed by atoms with Crippen LogP contribution < -0.4 is 49.7 Å². The highest BCUT2D eigenvalue weighted by Gasteiger charge is 2.39. The van der Waals surface area contributed by atoms with Crippen LogP contribution in [0.1, 0.15) is 67.0 Å². The van der Waals surface area contributed by atoms with Gasteiger partial charge in [0.15, 0.2) is 0 Å². The fraction of sp³-hybridized carbons (Fsp3) is 0.392. The molecule has 1 aromatic heterocycles. The lowest BCUT2D eigenvalue weighted by Gasteiger charge is -2.20. The summed E-state index contributed by atoms with van der Waals surface area (Å²) in [6.07, 6.45) is -2.48. The predicted molar refractivity (Wildman–Crippen MR) is 277 cm³/mol. The summed E-state index contributed by atoms with van der Waals surface area (Å²) >= 11 is 0.852. The average molecular weight is 1110 g/mol. The molecule has 1 aliphatic heterocycles. The Morgan fingerprint density at radius 2 is 1.33 bits per heavy atom. The fourth-order valence-electron chi connectivity index (χ4n) is 8.28. The minimum Gasteiger partial charge on any atom is -0.480 e. The number of imide groups is 1. The number of carboxylic acids is 3. The number of nitrogens with two attached hydrogens (primary N) is 3. The Morgan fingerprint density at radius 3 is 1.94 bits per heavy atom. The zero-order valence-electron chi connectivity index (χ0n) is 42.2. The van der Waals surface area contributed by atoms with Crippen molar-refractivity contribution in [2.75, 3.05) is 25.4 Å². The van der Waals surface area contributed by atoms with Gasteiger partial charge in [-0.2, -0.15) is 0 Å². The highest BCUT2D eigenvalue weighted by molar-refractivity contribution is 8.00. The molecule has 1 fully saturated rings. The van der Waals surface area contributed by atoms with Crippen molar-refractivity contribution in [3.8, 4) is 11.1 Å². The molecule has 6 amide bonds. The first-order chi connectivity index (χ1) is 37.0. The lowest BCUT2D eigenvalue weighted by molar-refractivity contribution is -0.143. The number of likely N-dealkylation sites (tertiary alicyclic amines) is 1. The number of aryl methyl sites for hydroxylation is 1. The molecule has 6 atom stereocenters. The second-order valence-electron chi connectivity index (χ2n) is 18.2. The van der Waals surface area contributed by atoms with Crippen LogP contribution in [0.4, 0.5) is 8.78 Å². The molecule has 0 bridgehead atoms. The standard InChI is InChI=1S/C51H60F2N10O14S/c1-27-44(47(70)63(25-35(56)29-8-3-2-4-9-29)51(77)62(27)24-31-32(52)11-6-12-33(31)53)30-10-5-7-28(21-30)13-16-41(65)58-37(49(73)74)15-18-42(66)59-36(48(71)72)14-17-40(64)57-23-34(55)45(68)60-38(50(75)76)26-78-39-22-43(67)61(20-19-54)46(39)69/h2-12,21,34-39H,13-20,22-26,54-56H2,1H3,(H,57,64)(H,58,65)(H,59,66)(H,60,68)(H,71,72)(H,73,74)(H,75,76)/t34?,35-,36?,37?,38?,39?/m0/s1. The van der Waals surface area contributed by atoms with E-state index < -0.39 is 156 Å². The molecule has 1 saturated heterocycles. The number of carbonyl (C=O) groups excluding carboxylic acids is 6. The van der Waals surface area contributed by atoms with Gasteiger partial charge in [-0.05, 0) is 55.0 Å². The van der Waals surface area contributed by atoms with Crippen molar-refractivity contribution in [2.45, 2.75) is 100 Å². The van der Waals surface area contributed by atoms with Crippen molar-refractivity contribution >= 4 is 65.1 Å². The van der Waals surface area contributed by atoms with Gasteiger partial charge in [-0.25, -0.2) is 28.0 Å². The molecule has 5 rings (SSSR count). The topological polar surface area (TPSA) is 388 Å². The number of aromatic nitrogens is 2. The summed E-state index contributed by atoms with van der Waals surface area (Å²) in [6, 6.07) is 11.2. The minimum atomic E-state index is -1.64. The lowest BCUT2D eigenvalue weighted by Crippen LogP contribution is -2.53. The van der Waals surface area contributed by atoms with E-state index in [2.05, 4.69) is 21.3 Å². The number of benzene rings is 3. The Balaban J connectivity index is 1.13. The van der Waals surface area contributed by atoms with Crippen LogP contribution in [0, 0.1) is 18.6 Å². The van der Waals surface area contributed by atoms with Gasteiger partial charge < -0.3 is 53.8 Å². The highest BCUT2D eigenvalue weighted by atomic mass is 32.2. The number of halogens is 2. The Kier molecular flexibility index (Phi) is 22.0. The Labute approximate surface area is 448 Å². The van der Waals surface area contributed by atoms with Crippen molar-refractivity contribution in [3.63, 3.8) is 0 Å². The molecule has 5 unspecified atom stereocenters. The molecule has 13 N–H and O–H groups in total. The predicted octanol–water partition coefficient (Wildman–Crippen LogP) is -0.524. The van der Waals surface area contributed by atoms with Gasteiger partial charge in [0.1, 0.15) is 35.8 Å². The first-order valence-electron chi connectivity index (χ1n) is 24.4. The van der Waals surface area contributed by atoms with Crippen LogP contribution in [-0.4, -0.2) is 138 Å². The molecule has 0 radical (unpaired) electrons. The Bertz CT molecular complexity index is 3010. The molecule has 4 aromatic rings. The van der Waals surface area contributed by atoms with E-state index in [1.165, 1.54) is 13.0 Å². The maximum absolute atomic E-state index is 14.9. The number of nitrogens with zero attached hydrogens (tertiary/aromatic N) is 3. The van der Waals surface area contributed by atoms with Gasteiger partial charge >= 0.3 is 23.6 Å². The summed E-state index contributed by atoms with van der Waals surface area (Å²) in [5, 5.41) is 37.4. The second kappa shape index (κ2) is 28.3. The summed E-state index contributed by atoms with van der Waals surface area (Å²) in [6.45, 7) is 0.135. The summed E-state index contributed by atoms with van der Waals surface area (Å²) in [5.74, 6) is -11.1. The van der Waals surface area contributed by atoms with Crippen LogP contribution in [-0.2, 0) is 62.7 Å². The third-order valence-electron chi connectivity index (χ3n) is 12.6. The summed E-state index contributed by atoms with van der Waals surface area (Å²) < 4.78 is 31.8. The Hall–Kier alpha value is -8.14. The molecule has 2 heterocycles. The zero-order valence-corrected chi connectivity index (χ0v) is 43.0. The first kappa shape index (κ1) is 60.7. The number of carbonyl (C=O) groups is 9. The first-order valence-corrected chi connectivity index (χ1v) is 25.5. The van der Waals surface area contributed by atoms with E-state index in [9.17, 15) is 76.8 Å². The molecule has 27 heteroatoms. The van der Waals surface area contributed by atoms with E-state index in [4.69, 9.17) is 17.2 Å². The van der Waals surface area contributed by atoms with Gasteiger partial charge in [-0.15, -0.1) is 11.8 Å². The van der Waals surface area contributed by atoms with E-state index >= 15 is 0 Å². The van der Waals surface area contributed by atoms with Gasteiger partial charge in [0.2, 0.25) is 35.4 Å². The van der Waals surface area contributed by atoms with E-state index in [1.54, 1.807) is 54.6 Å². The fourth-order valence-corrected chi connectivity index (χ4v) is 9.46. The smallest absolute Gasteiger partial charge is 0.331 e. The SMILES string of the molecule is Cc1c(-c2cccc(CCC(=O)NC(CCC(=O)NC(CCC(=O)NCC(N)C(=O)NC(CSC3CC(=O)N(CCN)C3=O)C(=O)O)C(=O)O)C(=O)O)c2)c(=O)n(C[C@H](N)c2ccccc2)c(=O)n1Cc1c(F)cccc1F.